The van der Waals surface area contributed by atoms with Gasteiger partial charge >= 0.3 is 0 Å². The van der Waals surface area contributed by atoms with Crippen molar-refractivity contribution in [3.63, 3.8) is 0 Å². The highest BCUT2D eigenvalue weighted by Crippen LogP contribution is 2.25. The van der Waals surface area contributed by atoms with Crippen LogP contribution in [0.3, 0.4) is 0 Å². The van der Waals surface area contributed by atoms with Crippen LogP contribution in [-0.2, 0) is 11.2 Å². The summed E-state index contributed by atoms with van der Waals surface area (Å²) in [6.07, 6.45) is 0.788. The summed E-state index contributed by atoms with van der Waals surface area (Å²) >= 11 is 7.57. The largest absolute Gasteiger partial charge is 0.355 e. The number of hydrogen-bond donors (Lipinski definition) is 2. The van der Waals surface area contributed by atoms with Gasteiger partial charge in [-0.2, -0.15) is 0 Å². The van der Waals surface area contributed by atoms with E-state index in [-0.39, 0.29) is 18.5 Å². The summed E-state index contributed by atoms with van der Waals surface area (Å²) in [5.41, 5.74) is 2.31. The fraction of sp³-hybridized carbons (Fsp3) is 0.190. The number of nitrogens with one attached hydrogen (secondary N) is 2. The van der Waals surface area contributed by atoms with E-state index in [0.717, 1.165) is 22.6 Å². The SMILES string of the molecule is O=C(CN[C@H](c1ccccc1)c1cccs1)NCCc1ccc(Cl)cc1. The molecule has 134 valence electrons. The second-order valence-corrected chi connectivity index (χ2v) is 7.38. The van der Waals surface area contributed by atoms with Crippen molar-refractivity contribution in [2.45, 2.75) is 12.5 Å². The molecule has 0 bridgehead atoms. The van der Waals surface area contributed by atoms with Gasteiger partial charge in [-0.15, -0.1) is 11.3 Å². The number of carbonyl (C=O) groups is 1. The number of benzene rings is 2. The van der Waals surface area contributed by atoms with Gasteiger partial charge in [0.25, 0.3) is 0 Å². The van der Waals surface area contributed by atoms with Gasteiger partial charge in [-0.1, -0.05) is 60.1 Å². The van der Waals surface area contributed by atoms with Crippen molar-refractivity contribution in [2.24, 2.45) is 0 Å². The third kappa shape index (κ3) is 5.43. The molecule has 1 heterocycles. The zero-order valence-corrected chi connectivity index (χ0v) is 15.9. The average molecular weight is 385 g/mol. The maximum absolute atomic E-state index is 12.2. The molecule has 0 fully saturated rings. The van der Waals surface area contributed by atoms with Crippen molar-refractivity contribution < 1.29 is 4.79 Å². The molecular formula is C21H21ClN2OS. The van der Waals surface area contributed by atoms with Crippen LogP contribution >= 0.6 is 22.9 Å². The summed E-state index contributed by atoms with van der Waals surface area (Å²) in [7, 11) is 0. The van der Waals surface area contributed by atoms with Gasteiger partial charge in [0, 0.05) is 16.4 Å². The predicted molar refractivity (Wildman–Crippen MR) is 109 cm³/mol. The Balaban J connectivity index is 1.50. The van der Waals surface area contributed by atoms with Crippen LogP contribution < -0.4 is 10.6 Å². The molecule has 1 aromatic heterocycles. The monoisotopic (exact) mass is 384 g/mol. The standard InChI is InChI=1S/C21H21ClN2OS/c22-18-10-8-16(9-11-18)12-13-23-20(25)15-24-21(19-7-4-14-26-19)17-5-2-1-3-6-17/h1-11,14,21,24H,12-13,15H2,(H,23,25)/t21-/m1/s1. The van der Waals surface area contributed by atoms with E-state index >= 15 is 0 Å². The Kier molecular flexibility index (Phi) is 6.83. The maximum atomic E-state index is 12.2. The smallest absolute Gasteiger partial charge is 0.233 e. The zero-order chi connectivity index (χ0) is 18.2. The lowest BCUT2D eigenvalue weighted by molar-refractivity contribution is -0.120. The summed E-state index contributed by atoms with van der Waals surface area (Å²) in [4.78, 5) is 13.4. The molecule has 2 aromatic carbocycles. The molecule has 2 N–H and O–H groups in total. The average Bonchev–Trinajstić information content (AvgIpc) is 3.19. The number of carbonyl (C=O) groups excluding carboxylic acids is 1. The Hall–Kier alpha value is -2.14. The number of amides is 1. The molecule has 5 heteroatoms. The van der Waals surface area contributed by atoms with Crippen LogP contribution in [0.2, 0.25) is 5.02 Å². The molecule has 0 aliphatic rings. The molecule has 26 heavy (non-hydrogen) atoms. The van der Waals surface area contributed by atoms with E-state index in [1.165, 1.54) is 4.88 Å². The first-order valence-electron chi connectivity index (χ1n) is 8.55. The van der Waals surface area contributed by atoms with Crippen molar-refractivity contribution >= 4 is 28.8 Å². The number of halogens is 1. The Morgan fingerprint density at radius 2 is 1.77 bits per heavy atom. The first-order valence-corrected chi connectivity index (χ1v) is 9.81. The van der Waals surface area contributed by atoms with Crippen molar-refractivity contribution in [1.29, 1.82) is 0 Å². The summed E-state index contributed by atoms with van der Waals surface area (Å²) in [5, 5.41) is 9.12. The second kappa shape index (κ2) is 9.53. The van der Waals surface area contributed by atoms with Crippen molar-refractivity contribution in [2.75, 3.05) is 13.1 Å². The predicted octanol–water partition coefficient (Wildman–Crippen LogP) is 4.44. The van der Waals surface area contributed by atoms with E-state index in [9.17, 15) is 4.79 Å². The van der Waals surface area contributed by atoms with Gasteiger partial charge < -0.3 is 5.32 Å². The van der Waals surface area contributed by atoms with Gasteiger partial charge in [-0.05, 0) is 41.1 Å². The Morgan fingerprint density at radius 3 is 2.46 bits per heavy atom. The van der Waals surface area contributed by atoms with Gasteiger partial charge in [0.05, 0.1) is 12.6 Å². The highest BCUT2D eigenvalue weighted by molar-refractivity contribution is 7.10. The van der Waals surface area contributed by atoms with E-state index in [0.29, 0.717) is 6.54 Å². The van der Waals surface area contributed by atoms with Crippen LogP contribution in [0.15, 0.2) is 72.1 Å². The molecule has 3 rings (SSSR count). The van der Waals surface area contributed by atoms with Crippen molar-refractivity contribution in [3.05, 3.63) is 93.1 Å². The molecule has 0 aliphatic heterocycles. The molecule has 1 amide bonds. The highest BCUT2D eigenvalue weighted by Gasteiger charge is 2.15. The molecule has 0 saturated carbocycles. The minimum Gasteiger partial charge on any atom is -0.355 e. The van der Waals surface area contributed by atoms with Gasteiger partial charge in [-0.3, -0.25) is 10.1 Å². The van der Waals surface area contributed by atoms with Crippen LogP contribution in [0.1, 0.15) is 22.0 Å². The van der Waals surface area contributed by atoms with Gasteiger partial charge in [0.15, 0.2) is 0 Å². The molecule has 3 aromatic rings. The molecule has 0 unspecified atom stereocenters. The fourth-order valence-corrected chi connectivity index (χ4v) is 3.69. The van der Waals surface area contributed by atoms with Crippen LogP contribution in [0, 0.1) is 0 Å². The Bertz CT molecular complexity index is 804. The van der Waals surface area contributed by atoms with E-state index in [4.69, 9.17) is 11.6 Å². The molecule has 3 nitrogen and oxygen atoms in total. The van der Waals surface area contributed by atoms with Crippen LogP contribution in [0.25, 0.3) is 0 Å². The Morgan fingerprint density at radius 1 is 1.00 bits per heavy atom. The van der Waals surface area contributed by atoms with Gasteiger partial charge in [0.1, 0.15) is 0 Å². The molecule has 0 spiro atoms. The second-order valence-electron chi connectivity index (χ2n) is 5.97. The van der Waals surface area contributed by atoms with Crippen molar-refractivity contribution in [1.82, 2.24) is 10.6 Å². The first-order chi connectivity index (χ1) is 12.7. The summed E-state index contributed by atoms with van der Waals surface area (Å²) in [6.45, 7) is 0.884. The van der Waals surface area contributed by atoms with E-state index in [1.54, 1.807) is 11.3 Å². The summed E-state index contributed by atoms with van der Waals surface area (Å²) < 4.78 is 0. The molecule has 0 saturated heterocycles. The van der Waals surface area contributed by atoms with E-state index in [2.05, 4.69) is 34.2 Å². The van der Waals surface area contributed by atoms with Crippen LogP contribution in [0.4, 0.5) is 0 Å². The minimum absolute atomic E-state index is 0.00329. The lowest BCUT2D eigenvalue weighted by Crippen LogP contribution is -2.36. The van der Waals surface area contributed by atoms with E-state index < -0.39 is 0 Å². The van der Waals surface area contributed by atoms with Crippen molar-refractivity contribution in [3.8, 4) is 0 Å². The lowest BCUT2D eigenvalue weighted by Gasteiger charge is -2.18. The lowest BCUT2D eigenvalue weighted by atomic mass is 10.1. The van der Waals surface area contributed by atoms with Gasteiger partial charge in [0.2, 0.25) is 5.91 Å². The van der Waals surface area contributed by atoms with E-state index in [1.807, 2.05) is 48.5 Å². The quantitative estimate of drug-likeness (QED) is 0.602. The molecule has 1 atom stereocenters. The summed E-state index contributed by atoms with van der Waals surface area (Å²) in [5.74, 6) is -0.00329. The third-order valence-corrected chi connectivity index (χ3v) is 5.27. The first kappa shape index (κ1) is 18.6. The normalized spacial score (nSPS) is 11.9. The van der Waals surface area contributed by atoms with Crippen LogP contribution in [-0.4, -0.2) is 19.0 Å². The summed E-state index contributed by atoms with van der Waals surface area (Å²) in [6, 6.07) is 22.0. The number of hydrogen-bond acceptors (Lipinski definition) is 3. The third-order valence-electron chi connectivity index (χ3n) is 4.08. The highest BCUT2D eigenvalue weighted by atomic mass is 35.5. The zero-order valence-electron chi connectivity index (χ0n) is 14.3. The number of rotatable bonds is 8. The Labute approximate surface area is 163 Å². The van der Waals surface area contributed by atoms with Crippen LogP contribution in [0.5, 0.6) is 0 Å². The maximum Gasteiger partial charge on any atom is 0.233 e. The van der Waals surface area contributed by atoms with Gasteiger partial charge in [-0.25, -0.2) is 0 Å². The minimum atomic E-state index is -0.00329. The fourth-order valence-electron chi connectivity index (χ4n) is 2.74. The molecule has 0 radical (unpaired) electrons. The number of thiophene rings is 1. The molecule has 0 aliphatic carbocycles. The molecular weight excluding hydrogens is 364 g/mol. The topological polar surface area (TPSA) is 41.1 Å².